The maximum Gasteiger partial charge on any atom is 0.284 e. The molecule has 1 aromatic carbocycles. The fraction of sp³-hybridized carbons (Fsp3) is 0.222. The van der Waals surface area contributed by atoms with Crippen LogP contribution in [0.1, 0.15) is 0 Å². The molecule has 0 saturated carbocycles. The van der Waals surface area contributed by atoms with Crippen LogP contribution >= 0.6 is 0 Å². The van der Waals surface area contributed by atoms with Gasteiger partial charge in [-0.25, -0.2) is 5.43 Å². The van der Waals surface area contributed by atoms with E-state index in [0.29, 0.717) is 5.75 Å². The quantitative estimate of drug-likeness (QED) is 0.480. The normalized spacial score (nSPS) is 20.3. The first-order valence-corrected chi connectivity index (χ1v) is 4.23. The first-order chi connectivity index (χ1) is 6.74. The molecule has 1 unspecified atom stereocenters. The van der Waals surface area contributed by atoms with E-state index in [1.54, 1.807) is 13.1 Å². The molecule has 1 amide bonds. The molecule has 1 aromatic rings. The summed E-state index contributed by atoms with van der Waals surface area (Å²) in [5, 5.41) is 0. The zero-order valence-corrected chi connectivity index (χ0v) is 7.73. The smallest absolute Gasteiger partial charge is 0.284 e. The summed E-state index contributed by atoms with van der Waals surface area (Å²) in [7, 11) is 1.69. The van der Waals surface area contributed by atoms with Crippen molar-refractivity contribution in [2.24, 2.45) is 5.84 Å². The molecule has 14 heavy (non-hydrogen) atoms. The van der Waals surface area contributed by atoms with Crippen molar-refractivity contribution in [2.75, 3.05) is 11.9 Å². The van der Waals surface area contributed by atoms with Crippen LogP contribution in [-0.2, 0) is 4.79 Å². The summed E-state index contributed by atoms with van der Waals surface area (Å²) in [6.07, 6.45) is -0.796. The molecule has 0 saturated heterocycles. The fourth-order valence-corrected chi connectivity index (χ4v) is 1.41. The van der Waals surface area contributed by atoms with E-state index in [4.69, 9.17) is 10.6 Å². The summed E-state index contributed by atoms with van der Waals surface area (Å²) in [5.74, 6) is 5.64. The number of para-hydroxylation sites is 2. The van der Waals surface area contributed by atoms with E-state index in [0.717, 1.165) is 5.69 Å². The molecule has 5 heteroatoms. The zero-order valence-electron chi connectivity index (χ0n) is 7.73. The van der Waals surface area contributed by atoms with E-state index in [1.807, 2.05) is 18.2 Å². The number of ether oxygens (including phenoxy) is 1. The molecule has 1 aliphatic heterocycles. The van der Waals surface area contributed by atoms with Gasteiger partial charge >= 0.3 is 0 Å². The molecule has 2 rings (SSSR count). The molecule has 0 radical (unpaired) electrons. The number of hydrogen-bond acceptors (Lipinski definition) is 4. The number of benzene rings is 1. The molecule has 1 atom stereocenters. The minimum absolute atomic E-state index is 0.203. The number of fused-ring (bicyclic) bond motifs is 1. The summed E-state index contributed by atoms with van der Waals surface area (Å²) in [6, 6.07) is 7.31. The van der Waals surface area contributed by atoms with Gasteiger partial charge < -0.3 is 9.64 Å². The Morgan fingerprint density at radius 3 is 2.93 bits per heavy atom. The highest BCUT2D eigenvalue weighted by Gasteiger charge is 2.30. The van der Waals surface area contributed by atoms with Gasteiger partial charge in [0.1, 0.15) is 5.75 Å². The van der Waals surface area contributed by atoms with Crippen molar-refractivity contribution >= 4 is 11.6 Å². The highest BCUT2D eigenvalue weighted by Crippen LogP contribution is 2.31. The van der Waals surface area contributed by atoms with Gasteiger partial charge in [0.15, 0.2) is 0 Å². The molecule has 3 N–H and O–H groups in total. The number of nitrogens with one attached hydrogen (secondary N) is 1. The summed E-state index contributed by atoms with van der Waals surface area (Å²) in [6.45, 7) is 0. The van der Waals surface area contributed by atoms with Gasteiger partial charge in [-0.1, -0.05) is 12.1 Å². The lowest BCUT2D eigenvalue weighted by molar-refractivity contribution is -0.127. The Balaban J connectivity index is 2.42. The van der Waals surface area contributed by atoms with Gasteiger partial charge in [-0.05, 0) is 12.1 Å². The number of hydrogen-bond donors (Lipinski definition) is 2. The molecule has 1 heterocycles. The molecule has 74 valence electrons. The average molecular weight is 193 g/mol. The zero-order chi connectivity index (χ0) is 10.1. The Bertz CT molecular complexity index is 367. The van der Waals surface area contributed by atoms with Gasteiger partial charge in [0.2, 0.25) is 6.23 Å². The lowest BCUT2D eigenvalue weighted by atomic mass is 10.2. The summed E-state index contributed by atoms with van der Waals surface area (Å²) < 4.78 is 5.34. The second kappa shape index (κ2) is 3.28. The van der Waals surface area contributed by atoms with E-state index >= 15 is 0 Å². The van der Waals surface area contributed by atoms with Crippen molar-refractivity contribution in [2.45, 2.75) is 6.23 Å². The van der Waals surface area contributed by atoms with E-state index in [9.17, 15) is 4.79 Å². The highest BCUT2D eigenvalue weighted by molar-refractivity contribution is 5.99. The largest absolute Gasteiger partial charge is 0.462 e. The molecular formula is C9H11N3O2. The van der Waals surface area contributed by atoms with E-state index in [1.165, 1.54) is 4.90 Å². The number of nitrogens with zero attached hydrogens (tertiary/aromatic N) is 1. The van der Waals surface area contributed by atoms with Gasteiger partial charge in [0, 0.05) is 7.05 Å². The van der Waals surface area contributed by atoms with Gasteiger partial charge in [-0.3, -0.25) is 10.6 Å². The number of hydrazine groups is 1. The molecule has 5 nitrogen and oxygen atoms in total. The lowest BCUT2D eigenvalue weighted by Crippen LogP contribution is -2.54. The summed E-state index contributed by atoms with van der Waals surface area (Å²) >= 11 is 0. The molecular weight excluding hydrogens is 182 g/mol. The van der Waals surface area contributed by atoms with Gasteiger partial charge in [0.25, 0.3) is 5.91 Å². The fourth-order valence-electron chi connectivity index (χ4n) is 1.41. The number of anilines is 1. The Morgan fingerprint density at radius 1 is 1.50 bits per heavy atom. The first kappa shape index (κ1) is 8.98. The molecule has 0 spiro atoms. The Kier molecular flexibility index (Phi) is 2.11. The minimum Gasteiger partial charge on any atom is -0.462 e. The van der Waals surface area contributed by atoms with Crippen molar-refractivity contribution < 1.29 is 9.53 Å². The van der Waals surface area contributed by atoms with Crippen LogP contribution < -0.4 is 20.9 Å². The van der Waals surface area contributed by atoms with Crippen LogP contribution in [0.3, 0.4) is 0 Å². The number of carbonyl (C=O) groups is 1. The van der Waals surface area contributed by atoms with Crippen LogP contribution in [0.5, 0.6) is 5.75 Å². The Hall–Kier alpha value is -1.59. The van der Waals surface area contributed by atoms with E-state index in [2.05, 4.69) is 5.43 Å². The maximum atomic E-state index is 11.6. The summed E-state index contributed by atoms with van der Waals surface area (Å²) in [4.78, 5) is 13.1. The molecule has 0 aromatic heterocycles. The standard InChI is InChI=1S/C9H11N3O2/c1-12-6-4-2-3-5-7(6)14-8(11-10)9(12)13/h2-5,8,11H,10H2,1H3. The Labute approximate surface area is 81.4 Å². The van der Waals surface area contributed by atoms with E-state index in [-0.39, 0.29) is 5.91 Å². The van der Waals surface area contributed by atoms with Crippen molar-refractivity contribution in [1.82, 2.24) is 5.43 Å². The third-order valence-electron chi connectivity index (χ3n) is 2.18. The first-order valence-electron chi connectivity index (χ1n) is 4.23. The number of rotatable bonds is 1. The van der Waals surface area contributed by atoms with Gasteiger partial charge in [-0.2, -0.15) is 0 Å². The number of carbonyl (C=O) groups excluding carboxylic acids is 1. The van der Waals surface area contributed by atoms with Crippen molar-refractivity contribution in [1.29, 1.82) is 0 Å². The predicted octanol–water partition coefficient (Wildman–Crippen LogP) is -0.169. The number of likely N-dealkylation sites (N-methyl/N-ethyl adjacent to an activating group) is 1. The SMILES string of the molecule is CN1C(=O)C(NN)Oc2ccccc21. The highest BCUT2D eigenvalue weighted by atomic mass is 16.5. The van der Waals surface area contributed by atoms with Crippen LogP contribution in [0.2, 0.25) is 0 Å². The third kappa shape index (κ3) is 1.23. The minimum atomic E-state index is -0.796. The Morgan fingerprint density at radius 2 is 2.21 bits per heavy atom. The van der Waals surface area contributed by atoms with Crippen molar-refractivity contribution in [3.8, 4) is 5.75 Å². The molecule has 0 fully saturated rings. The molecule has 1 aliphatic rings. The van der Waals surface area contributed by atoms with Gasteiger partial charge in [-0.15, -0.1) is 0 Å². The molecule has 0 aliphatic carbocycles. The topological polar surface area (TPSA) is 67.6 Å². The average Bonchev–Trinajstić information content (AvgIpc) is 2.23. The van der Waals surface area contributed by atoms with Crippen LogP contribution in [0.4, 0.5) is 5.69 Å². The summed E-state index contributed by atoms with van der Waals surface area (Å²) in [5.41, 5.74) is 3.07. The lowest BCUT2D eigenvalue weighted by Gasteiger charge is -2.31. The van der Waals surface area contributed by atoms with Crippen molar-refractivity contribution in [3.05, 3.63) is 24.3 Å². The monoisotopic (exact) mass is 193 g/mol. The maximum absolute atomic E-state index is 11.6. The van der Waals surface area contributed by atoms with Crippen LogP contribution in [0.15, 0.2) is 24.3 Å². The van der Waals surface area contributed by atoms with Crippen LogP contribution in [0.25, 0.3) is 0 Å². The second-order valence-corrected chi connectivity index (χ2v) is 3.03. The number of amides is 1. The van der Waals surface area contributed by atoms with Crippen LogP contribution in [0, 0.1) is 0 Å². The number of nitrogens with two attached hydrogens (primary N) is 1. The predicted molar refractivity (Wildman–Crippen MR) is 51.6 cm³/mol. The third-order valence-corrected chi connectivity index (χ3v) is 2.18. The molecule has 0 bridgehead atoms. The second-order valence-electron chi connectivity index (χ2n) is 3.03. The van der Waals surface area contributed by atoms with Crippen LogP contribution in [-0.4, -0.2) is 19.2 Å². The van der Waals surface area contributed by atoms with Gasteiger partial charge in [0.05, 0.1) is 5.69 Å². The van der Waals surface area contributed by atoms with Crippen molar-refractivity contribution in [3.63, 3.8) is 0 Å². The van der Waals surface area contributed by atoms with E-state index < -0.39 is 6.23 Å².